The first-order chi connectivity index (χ1) is 7.31. The Hall–Kier alpha value is -0.770. The zero-order chi connectivity index (χ0) is 10.7. The summed E-state index contributed by atoms with van der Waals surface area (Å²) in [5, 5.41) is 2.87. The summed E-state index contributed by atoms with van der Waals surface area (Å²) in [6.07, 6.45) is 3.81. The smallest absolute Gasteiger partial charge is 0.317 e. The molecule has 86 valence electrons. The molecule has 1 N–H and O–H groups in total. The molecule has 0 saturated carbocycles. The van der Waals surface area contributed by atoms with Gasteiger partial charge in [0.2, 0.25) is 0 Å². The molecule has 2 saturated heterocycles. The largest absolute Gasteiger partial charge is 0.338 e. The van der Waals surface area contributed by atoms with Crippen molar-refractivity contribution in [2.24, 2.45) is 0 Å². The first kappa shape index (κ1) is 10.7. The number of carbonyl (C=O) groups is 1. The molecule has 2 aliphatic rings. The summed E-state index contributed by atoms with van der Waals surface area (Å²) in [5.74, 6) is 0. The number of nitrogens with one attached hydrogen (secondary N) is 1. The molecule has 4 nitrogen and oxygen atoms in total. The highest BCUT2D eigenvalue weighted by Crippen LogP contribution is 2.20. The van der Waals surface area contributed by atoms with Gasteiger partial charge in [-0.25, -0.2) is 4.79 Å². The van der Waals surface area contributed by atoms with Gasteiger partial charge in [0.15, 0.2) is 0 Å². The summed E-state index contributed by atoms with van der Waals surface area (Å²) in [7, 11) is 0. The number of urea groups is 1. The highest BCUT2D eigenvalue weighted by Gasteiger charge is 2.31. The predicted molar refractivity (Wildman–Crippen MR) is 59.9 cm³/mol. The molecule has 0 radical (unpaired) electrons. The average molecular weight is 211 g/mol. The summed E-state index contributed by atoms with van der Waals surface area (Å²) in [5.41, 5.74) is 0. The topological polar surface area (TPSA) is 35.6 Å². The third-order valence-corrected chi connectivity index (χ3v) is 3.44. The molecule has 2 aliphatic heterocycles. The summed E-state index contributed by atoms with van der Waals surface area (Å²) < 4.78 is 0. The van der Waals surface area contributed by atoms with Crippen LogP contribution < -0.4 is 5.32 Å². The summed E-state index contributed by atoms with van der Waals surface area (Å²) >= 11 is 0. The van der Waals surface area contributed by atoms with E-state index in [0.29, 0.717) is 6.04 Å². The van der Waals surface area contributed by atoms with Crippen molar-refractivity contribution in [2.45, 2.75) is 32.2 Å². The Morgan fingerprint density at radius 1 is 1.33 bits per heavy atom. The van der Waals surface area contributed by atoms with Gasteiger partial charge in [0, 0.05) is 25.7 Å². The second kappa shape index (κ2) is 4.84. The second-order valence-corrected chi connectivity index (χ2v) is 4.47. The molecule has 2 fully saturated rings. The molecule has 4 heteroatoms. The Bertz CT molecular complexity index is 226. The molecule has 0 spiro atoms. The number of nitrogens with zero attached hydrogens (tertiary/aromatic N) is 2. The molecule has 2 amide bonds. The molecule has 1 atom stereocenters. The fourth-order valence-corrected chi connectivity index (χ4v) is 2.59. The van der Waals surface area contributed by atoms with Gasteiger partial charge in [0.05, 0.1) is 0 Å². The van der Waals surface area contributed by atoms with Crippen molar-refractivity contribution in [1.82, 2.24) is 15.1 Å². The number of hydrogen-bond donors (Lipinski definition) is 1. The van der Waals surface area contributed by atoms with Crippen LogP contribution in [0, 0.1) is 0 Å². The first-order valence-corrected chi connectivity index (χ1v) is 6.08. The van der Waals surface area contributed by atoms with Crippen LogP contribution in [0.4, 0.5) is 4.79 Å². The van der Waals surface area contributed by atoms with Crippen molar-refractivity contribution in [1.29, 1.82) is 0 Å². The average Bonchev–Trinajstić information content (AvgIpc) is 2.89. The molecule has 2 rings (SSSR count). The van der Waals surface area contributed by atoms with Crippen LogP contribution in [0.25, 0.3) is 0 Å². The number of carbonyl (C=O) groups excluding carboxylic acids is 1. The van der Waals surface area contributed by atoms with E-state index in [0.717, 1.165) is 26.1 Å². The van der Waals surface area contributed by atoms with Gasteiger partial charge in [-0.3, -0.25) is 4.90 Å². The minimum absolute atomic E-state index is 0.110. The van der Waals surface area contributed by atoms with E-state index in [9.17, 15) is 4.79 Å². The Morgan fingerprint density at radius 3 is 2.73 bits per heavy atom. The van der Waals surface area contributed by atoms with Crippen molar-refractivity contribution in [3.8, 4) is 0 Å². The van der Waals surface area contributed by atoms with Crippen molar-refractivity contribution in [2.75, 3.05) is 32.7 Å². The quantitative estimate of drug-likeness (QED) is 0.736. The van der Waals surface area contributed by atoms with Crippen molar-refractivity contribution >= 4 is 6.03 Å². The standard InChI is InChI=1S/C11H21N3O/c1-2-12-11(15)14-8-5-10(9-14)13-6-3-4-7-13/h10H,2-9H2,1H3,(H,12,15). The van der Waals surface area contributed by atoms with E-state index in [1.54, 1.807) is 0 Å². The van der Waals surface area contributed by atoms with E-state index in [2.05, 4.69) is 10.2 Å². The molecule has 0 aromatic carbocycles. The zero-order valence-electron chi connectivity index (χ0n) is 9.54. The fraction of sp³-hybridized carbons (Fsp3) is 0.909. The van der Waals surface area contributed by atoms with Gasteiger partial charge >= 0.3 is 6.03 Å². The van der Waals surface area contributed by atoms with Crippen LogP contribution in [0.2, 0.25) is 0 Å². The lowest BCUT2D eigenvalue weighted by Gasteiger charge is -2.23. The van der Waals surface area contributed by atoms with Gasteiger partial charge in [0.1, 0.15) is 0 Å². The van der Waals surface area contributed by atoms with Gasteiger partial charge in [-0.1, -0.05) is 0 Å². The van der Waals surface area contributed by atoms with Crippen LogP contribution in [0.5, 0.6) is 0 Å². The Morgan fingerprint density at radius 2 is 2.07 bits per heavy atom. The van der Waals surface area contributed by atoms with E-state index in [-0.39, 0.29) is 6.03 Å². The third-order valence-electron chi connectivity index (χ3n) is 3.44. The van der Waals surface area contributed by atoms with Crippen molar-refractivity contribution < 1.29 is 4.79 Å². The van der Waals surface area contributed by atoms with Gasteiger partial charge in [-0.2, -0.15) is 0 Å². The SMILES string of the molecule is CCNC(=O)N1CCC(N2CCCC2)C1. The molecule has 0 aromatic heterocycles. The maximum absolute atomic E-state index is 11.6. The number of amides is 2. The van der Waals surface area contributed by atoms with Crippen molar-refractivity contribution in [3.05, 3.63) is 0 Å². The third kappa shape index (κ3) is 2.43. The van der Waals surface area contributed by atoms with Gasteiger partial charge in [-0.15, -0.1) is 0 Å². The Labute approximate surface area is 91.6 Å². The fourth-order valence-electron chi connectivity index (χ4n) is 2.59. The normalized spacial score (nSPS) is 27.3. The van der Waals surface area contributed by atoms with Crippen LogP contribution >= 0.6 is 0 Å². The lowest BCUT2D eigenvalue weighted by atomic mass is 10.2. The minimum atomic E-state index is 0.110. The molecule has 0 aromatic rings. The number of rotatable bonds is 2. The van der Waals surface area contributed by atoms with Crippen LogP contribution in [0.3, 0.4) is 0 Å². The molecule has 1 unspecified atom stereocenters. The maximum atomic E-state index is 11.6. The van der Waals surface area contributed by atoms with Gasteiger partial charge in [-0.05, 0) is 39.3 Å². The van der Waals surface area contributed by atoms with E-state index in [4.69, 9.17) is 0 Å². The van der Waals surface area contributed by atoms with E-state index in [1.165, 1.54) is 25.9 Å². The number of hydrogen-bond acceptors (Lipinski definition) is 2. The van der Waals surface area contributed by atoms with Crippen LogP contribution in [0.15, 0.2) is 0 Å². The summed E-state index contributed by atoms with van der Waals surface area (Å²) in [6, 6.07) is 0.731. The lowest BCUT2D eigenvalue weighted by molar-refractivity contribution is 0.199. The van der Waals surface area contributed by atoms with Gasteiger partial charge in [0.25, 0.3) is 0 Å². The second-order valence-electron chi connectivity index (χ2n) is 4.47. The van der Waals surface area contributed by atoms with Crippen molar-refractivity contribution in [3.63, 3.8) is 0 Å². The molecule has 15 heavy (non-hydrogen) atoms. The highest BCUT2D eigenvalue weighted by molar-refractivity contribution is 5.74. The molecular formula is C11H21N3O. The highest BCUT2D eigenvalue weighted by atomic mass is 16.2. The van der Waals surface area contributed by atoms with Crippen LogP contribution in [-0.4, -0.2) is 54.6 Å². The lowest BCUT2D eigenvalue weighted by Crippen LogP contribution is -2.41. The van der Waals surface area contributed by atoms with E-state index < -0.39 is 0 Å². The molecule has 0 aliphatic carbocycles. The minimum Gasteiger partial charge on any atom is -0.338 e. The first-order valence-electron chi connectivity index (χ1n) is 6.08. The Kier molecular flexibility index (Phi) is 3.46. The summed E-state index contributed by atoms with van der Waals surface area (Å²) in [4.78, 5) is 16.1. The van der Waals surface area contributed by atoms with E-state index >= 15 is 0 Å². The predicted octanol–water partition coefficient (Wildman–Crippen LogP) is 0.886. The molecule has 2 heterocycles. The monoisotopic (exact) mass is 211 g/mol. The summed E-state index contributed by atoms with van der Waals surface area (Å²) in [6.45, 7) is 7.00. The number of likely N-dealkylation sites (tertiary alicyclic amines) is 2. The van der Waals surface area contributed by atoms with Crippen LogP contribution in [0.1, 0.15) is 26.2 Å². The zero-order valence-corrected chi connectivity index (χ0v) is 9.54. The van der Waals surface area contributed by atoms with Crippen LogP contribution in [-0.2, 0) is 0 Å². The van der Waals surface area contributed by atoms with E-state index in [1.807, 2.05) is 11.8 Å². The maximum Gasteiger partial charge on any atom is 0.317 e. The van der Waals surface area contributed by atoms with Gasteiger partial charge < -0.3 is 10.2 Å². The molecule has 0 bridgehead atoms. The Balaban J connectivity index is 1.80. The molecular weight excluding hydrogens is 190 g/mol.